The molecule has 1 aromatic carbocycles. The van der Waals surface area contributed by atoms with Crippen LogP contribution in [0.4, 0.5) is 0 Å². The van der Waals surface area contributed by atoms with Crippen molar-refractivity contribution in [3.63, 3.8) is 0 Å². The molecule has 2 aromatic rings. The number of aromatic nitrogens is 2. The fourth-order valence-electron chi connectivity index (χ4n) is 2.63. The summed E-state index contributed by atoms with van der Waals surface area (Å²) < 4.78 is 1.68. The number of hydrogen-bond donors (Lipinski definition) is 1. The first-order valence-corrected chi connectivity index (χ1v) is 9.47. The van der Waals surface area contributed by atoms with Gasteiger partial charge in [-0.2, -0.15) is 0 Å². The van der Waals surface area contributed by atoms with Crippen molar-refractivity contribution in [1.82, 2.24) is 14.9 Å². The van der Waals surface area contributed by atoms with Gasteiger partial charge in [-0.3, -0.25) is 14.2 Å². The van der Waals surface area contributed by atoms with Gasteiger partial charge in [0.15, 0.2) is 5.16 Å². The highest BCUT2D eigenvalue weighted by Gasteiger charge is 2.13. The summed E-state index contributed by atoms with van der Waals surface area (Å²) in [7, 11) is 0. The molecule has 130 valence electrons. The Kier molecular flexibility index (Phi) is 6.85. The van der Waals surface area contributed by atoms with Crippen molar-refractivity contribution in [1.29, 1.82) is 0 Å². The summed E-state index contributed by atoms with van der Waals surface area (Å²) >= 11 is 1.32. The van der Waals surface area contributed by atoms with Crippen LogP contribution in [0.15, 0.2) is 34.2 Å². The van der Waals surface area contributed by atoms with E-state index in [1.54, 1.807) is 10.6 Å². The van der Waals surface area contributed by atoms with Crippen molar-refractivity contribution in [2.45, 2.75) is 57.8 Å². The highest BCUT2D eigenvalue weighted by molar-refractivity contribution is 7.99. The SMILES string of the molecule is CCCC(C)NC(=O)CSc1nc2ccccc2c(=O)n1CCC. The molecule has 1 unspecified atom stereocenters. The number of thioether (sulfide) groups is 1. The Bertz CT molecular complexity index is 758. The van der Waals surface area contributed by atoms with Crippen LogP contribution in [-0.2, 0) is 11.3 Å². The number of carbonyl (C=O) groups excluding carboxylic acids is 1. The van der Waals surface area contributed by atoms with E-state index in [9.17, 15) is 9.59 Å². The molecule has 1 amide bonds. The molecule has 5 nitrogen and oxygen atoms in total. The molecular weight excluding hydrogens is 322 g/mol. The standard InChI is InChI=1S/C18H25N3O2S/c1-4-8-13(3)19-16(22)12-24-18-20-15-10-7-6-9-14(15)17(23)21(18)11-5-2/h6-7,9-10,13H,4-5,8,11-12H2,1-3H3,(H,19,22). The van der Waals surface area contributed by atoms with Crippen LogP contribution < -0.4 is 10.9 Å². The Morgan fingerprint density at radius 1 is 1.29 bits per heavy atom. The monoisotopic (exact) mass is 347 g/mol. The van der Waals surface area contributed by atoms with Gasteiger partial charge in [0, 0.05) is 12.6 Å². The molecule has 0 aliphatic heterocycles. The lowest BCUT2D eigenvalue weighted by molar-refractivity contribution is -0.119. The van der Waals surface area contributed by atoms with Crippen LogP contribution in [0.5, 0.6) is 0 Å². The number of nitrogens with one attached hydrogen (secondary N) is 1. The van der Waals surface area contributed by atoms with Crippen molar-refractivity contribution in [2.75, 3.05) is 5.75 Å². The second kappa shape index (κ2) is 8.87. The van der Waals surface area contributed by atoms with Crippen LogP contribution in [0.25, 0.3) is 10.9 Å². The van der Waals surface area contributed by atoms with Crippen molar-refractivity contribution in [2.24, 2.45) is 0 Å². The lowest BCUT2D eigenvalue weighted by atomic mass is 10.2. The number of rotatable bonds is 8. The molecule has 6 heteroatoms. The lowest BCUT2D eigenvalue weighted by Crippen LogP contribution is -2.34. The smallest absolute Gasteiger partial charge is 0.262 e. The van der Waals surface area contributed by atoms with Crippen LogP contribution >= 0.6 is 11.8 Å². The van der Waals surface area contributed by atoms with E-state index in [1.807, 2.05) is 32.0 Å². The van der Waals surface area contributed by atoms with E-state index in [2.05, 4.69) is 17.2 Å². The zero-order valence-corrected chi connectivity index (χ0v) is 15.4. The maximum absolute atomic E-state index is 12.7. The number of carbonyl (C=O) groups is 1. The zero-order valence-electron chi connectivity index (χ0n) is 14.5. The zero-order chi connectivity index (χ0) is 17.5. The molecule has 0 bridgehead atoms. The van der Waals surface area contributed by atoms with Crippen molar-refractivity contribution in [3.8, 4) is 0 Å². The van der Waals surface area contributed by atoms with Gasteiger partial charge in [-0.1, -0.05) is 44.2 Å². The quantitative estimate of drug-likeness (QED) is 0.588. The van der Waals surface area contributed by atoms with E-state index in [4.69, 9.17) is 0 Å². The molecule has 2 rings (SSSR count). The molecule has 0 fully saturated rings. The first kappa shape index (κ1) is 18.5. The maximum Gasteiger partial charge on any atom is 0.262 e. The second-order valence-electron chi connectivity index (χ2n) is 5.91. The molecule has 0 aliphatic rings. The van der Waals surface area contributed by atoms with Crippen LogP contribution in [0.1, 0.15) is 40.0 Å². The minimum atomic E-state index is -0.0373. The highest BCUT2D eigenvalue weighted by atomic mass is 32.2. The lowest BCUT2D eigenvalue weighted by Gasteiger charge is -2.14. The van der Waals surface area contributed by atoms with Gasteiger partial charge in [-0.15, -0.1) is 0 Å². The Morgan fingerprint density at radius 3 is 2.75 bits per heavy atom. The number of fused-ring (bicyclic) bond motifs is 1. The molecule has 0 spiro atoms. The largest absolute Gasteiger partial charge is 0.353 e. The number of para-hydroxylation sites is 1. The van der Waals surface area contributed by atoms with Crippen molar-refractivity contribution < 1.29 is 4.79 Å². The predicted molar refractivity (Wildman–Crippen MR) is 99.5 cm³/mol. The highest BCUT2D eigenvalue weighted by Crippen LogP contribution is 2.18. The summed E-state index contributed by atoms with van der Waals surface area (Å²) in [6.45, 7) is 6.73. The maximum atomic E-state index is 12.7. The molecule has 1 heterocycles. The normalized spacial score (nSPS) is 12.3. The van der Waals surface area contributed by atoms with E-state index in [0.717, 1.165) is 19.3 Å². The van der Waals surface area contributed by atoms with Gasteiger partial charge in [0.05, 0.1) is 16.7 Å². The summed E-state index contributed by atoms with van der Waals surface area (Å²) in [4.78, 5) is 29.3. The third-order valence-electron chi connectivity index (χ3n) is 3.74. The molecule has 0 saturated carbocycles. The van der Waals surface area contributed by atoms with E-state index < -0.39 is 0 Å². The number of hydrogen-bond acceptors (Lipinski definition) is 4. The van der Waals surface area contributed by atoms with E-state index in [-0.39, 0.29) is 23.3 Å². The van der Waals surface area contributed by atoms with Crippen LogP contribution in [0.3, 0.4) is 0 Å². The molecule has 1 N–H and O–H groups in total. The van der Waals surface area contributed by atoms with E-state index in [1.165, 1.54) is 11.8 Å². The minimum absolute atomic E-state index is 0.0218. The van der Waals surface area contributed by atoms with Gasteiger partial charge < -0.3 is 5.32 Å². The van der Waals surface area contributed by atoms with Gasteiger partial charge in [0.1, 0.15) is 0 Å². The predicted octanol–water partition coefficient (Wildman–Crippen LogP) is 3.20. The molecule has 0 aliphatic carbocycles. The minimum Gasteiger partial charge on any atom is -0.353 e. The fourth-order valence-corrected chi connectivity index (χ4v) is 3.47. The van der Waals surface area contributed by atoms with Gasteiger partial charge in [-0.05, 0) is 31.9 Å². The third kappa shape index (κ3) is 4.60. The van der Waals surface area contributed by atoms with Gasteiger partial charge in [0.25, 0.3) is 5.56 Å². The summed E-state index contributed by atoms with van der Waals surface area (Å²) in [5.41, 5.74) is 0.641. The molecule has 1 aromatic heterocycles. The van der Waals surface area contributed by atoms with Gasteiger partial charge >= 0.3 is 0 Å². The first-order chi connectivity index (χ1) is 11.6. The van der Waals surface area contributed by atoms with Crippen LogP contribution in [0, 0.1) is 0 Å². The Balaban J connectivity index is 2.20. The Morgan fingerprint density at radius 2 is 2.04 bits per heavy atom. The molecule has 0 radical (unpaired) electrons. The summed E-state index contributed by atoms with van der Waals surface area (Å²) in [5.74, 6) is 0.245. The molecule has 0 saturated heterocycles. The molecule has 1 atom stereocenters. The van der Waals surface area contributed by atoms with Crippen LogP contribution in [0.2, 0.25) is 0 Å². The molecule has 24 heavy (non-hydrogen) atoms. The number of benzene rings is 1. The summed E-state index contributed by atoms with van der Waals surface area (Å²) in [5, 5.41) is 4.21. The van der Waals surface area contributed by atoms with Gasteiger partial charge in [0.2, 0.25) is 5.91 Å². The average molecular weight is 347 g/mol. The van der Waals surface area contributed by atoms with Crippen molar-refractivity contribution in [3.05, 3.63) is 34.6 Å². The van der Waals surface area contributed by atoms with Gasteiger partial charge in [-0.25, -0.2) is 4.98 Å². The Labute approximate surface area is 146 Å². The van der Waals surface area contributed by atoms with E-state index >= 15 is 0 Å². The topological polar surface area (TPSA) is 64.0 Å². The number of amides is 1. The summed E-state index contributed by atoms with van der Waals surface area (Å²) in [6.07, 6.45) is 2.84. The number of nitrogens with zero attached hydrogens (tertiary/aromatic N) is 2. The average Bonchev–Trinajstić information content (AvgIpc) is 2.56. The van der Waals surface area contributed by atoms with E-state index in [0.29, 0.717) is 22.6 Å². The first-order valence-electron chi connectivity index (χ1n) is 8.48. The second-order valence-corrected chi connectivity index (χ2v) is 6.86. The van der Waals surface area contributed by atoms with Crippen LogP contribution in [-0.4, -0.2) is 27.3 Å². The molecular formula is C18H25N3O2S. The third-order valence-corrected chi connectivity index (χ3v) is 4.71. The Hall–Kier alpha value is -1.82. The van der Waals surface area contributed by atoms with Crippen molar-refractivity contribution >= 4 is 28.6 Å². The fraction of sp³-hybridized carbons (Fsp3) is 0.500. The summed E-state index contributed by atoms with van der Waals surface area (Å²) in [6, 6.07) is 7.51.